The third-order valence-corrected chi connectivity index (χ3v) is 4.72. The molecule has 0 spiro atoms. The molecule has 0 aliphatic heterocycles. The van der Waals surface area contributed by atoms with E-state index in [0.717, 1.165) is 0 Å². The van der Waals surface area contributed by atoms with E-state index in [9.17, 15) is 0 Å². The Hall–Kier alpha value is -3.64. The minimum atomic E-state index is 1.20. The van der Waals surface area contributed by atoms with Gasteiger partial charge in [0.05, 0.1) is 0 Å². The molecule has 0 aliphatic rings. The van der Waals surface area contributed by atoms with Crippen LogP contribution in [0.1, 0.15) is 22.3 Å². The molecule has 0 bridgehead atoms. The lowest BCUT2D eigenvalue weighted by Gasteiger charge is -2.03. The van der Waals surface area contributed by atoms with E-state index in [0.29, 0.717) is 0 Å². The Morgan fingerprint density at radius 2 is 0.750 bits per heavy atom. The highest BCUT2D eigenvalue weighted by molar-refractivity contribution is 5.79. The third kappa shape index (κ3) is 4.55. The summed E-state index contributed by atoms with van der Waals surface area (Å²) in [4.78, 5) is 0. The van der Waals surface area contributed by atoms with E-state index >= 15 is 0 Å². The van der Waals surface area contributed by atoms with Gasteiger partial charge < -0.3 is 0 Å². The minimum absolute atomic E-state index is 1.20. The molecule has 0 N–H and O–H groups in total. The average Bonchev–Trinajstić information content (AvgIpc) is 2.78. The van der Waals surface area contributed by atoms with Crippen LogP contribution >= 0.6 is 0 Å². The van der Waals surface area contributed by atoms with E-state index in [1.165, 1.54) is 33.4 Å². The molecule has 0 saturated heterocycles. The lowest BCUT2D eigenvalue weighted by Crippen LogP contribution is -1.81. The molecule has 4 aromatic carbocycles. The standard InChI is InChI=1S/C28H22/c1-3-9-23(10-4-1)15-19-26-13-7-8-14-27(26)20-16-24-17-21-28(22-18-24)25-11-5-2-6-12-25/h1-22H. The van der Waals surface area contributed by atoms with Crippen LogP contribution < -0.4 is 0 Å². The molecule has 4 rings (SSSR count). The van der Waals surface area contributed by atoms with E-state index in [4.69, 9.17) is 0 Å². The molecule has 0 radical (unpaired) electrons. The summed E-state index contributed by atoms with van der Waals surface area (Å²) in [6.07, 6.45) is 8.68. The van der Waals surface area contributed by atoms with Gasteiger partial charge in [0.2, 0.25) is 0 Å². The second-order valence-corrected chi connectivity index (χ2v) is 6.69. The van der Waals surface area contributed by atoms with E-state index in [-0.39, 0.29) is 0 Å². The molecule has 4 aromatic rings. The van der Waals surface area contributed by atoms with Crippen LogP contribution in [0.15, 0.2) is 109 Å². The van der Waals surface area contributed by atoms with Crippen LogP contribution in [0.2, 0.25) is 0 Å². The van der Waals surface area contributed by atoms with Gasteiger partial charge >= 0.3 is 0 Å². The first-order valence-corrected chi connectivity index (χ1v) is 9.54. The van der Waals surface area contributed by atoms with Gasteiger partial charge in [0.1, 0.15) is 0 Å². The topological polar surface area (TPSA) is 0 Å². The highest BCUT2D eigenvalue weighted by atomic mass is 14.0. The van der Waals surface area contributed by atoms with Crippen molar-refractivity contribution in [3.63, 3.8) is 0 Å². The molecule has 0 saturated carbocycles. The summed E-state index contributed by atoms with van der Waals surface area (Å²) in [5.41, 5.74) is 7.31. The lowest BCUT2D eigenvalue weighted by atomic mass is 10.0. The summed E-state index contributed by atoms with van der Waals surface area (Å²) in [5, 5.41) is 0. The van der Waals surface area contributed by atoms with Crippen LogP contribution in [-0.4, -0.2) is 0 Å². The van der Waals surface area contributed by atoms with Gasteiger partial charge in [-0.25, -0.2) is 0 Å². The van der Waals surface area contributed by atoms with Crippen molar-refractivity contribution in [3.05, 3.63) is 131 Å². The Kier molecular flexibility index (Phi) is 5.60. The maximum atomic E-state index is 2.18. The summed E-state index contributed by atoms with van der Waals surface area (Å²) in [5.74, 6) is 0. The predicted octanol–water partition coefficient (Wildman–Crippen LogP) is 7.69. The summed E-state index contributed by atoms with van der Waals surface area (Å²) >= 11 is 0. The van der Waals surface area contributed by atoms with Crippen molar-refractivity contribution in [1.29, 1.82) is 0 Å². The fraction of sp³-hybridized carbons (Fsp3) is 0. The van der Waals surface area contributed by atoms with Crippen LogP contribution in [0.5, 0.6) is 0 Å². The Bertz CT molecular complexity index is 1070. The Labute approximate surface area is 167 Å². The number of hydrogen-bond acceptors (Lipinski definition) is 0. The maximum Gasteiger partial charge on any atom is -0.0184 e. The first-order chi connectivity index (χ1) is 13.9. The normalized spacial score (nSPS) is 11.3. The van der Waals surface area contributed by atoms with Crippen LogP contribution in [0, 0.1) is 0 Å². The van der Waals surface area contributed by atoms with E-state index in [1.54, 1.807) is 0 Å². The summed E-state index contributed by atoms with van der Waals surface area (Å²) in [6, 6.07) is 38.0. The maximum absolute atomic E-state index is 2.18. The molecule has 0 fully saturated rings. The summed E-state index contributed by atoms with van der Waals surface area (Å²) in [7, 11) is 0. The fourth-order valence-electron chi connectivity index (χ4n) is 3.17. The zero-order chi connectivity index (χ0) is 19.0. The van der Waals surface area contributed by atoms with Gasteiger partial charge in [-0.2, -0.15) is 0 Å². The van der Waals surface area contributed by atoms with Crippen molar-refractivity contribution in [3.8, 4) is 11.1 Å². The zero-order valence-corrected chi connectivity index (χ0v) is 15.7. The molecule has 0 aliphatic carbocycles. The van der Waals surface area contributed by atoms with Crippen molar-refractivity contribution in [2.75, 3.05) is 0 Å². The molecule has 28 heavy (non-hydrogen) atoms. The van der Waals surface area contributed by atoms with Gasteiger partial charge in [-0.3, -0.25) is 0 Å². The van der Waals surface area contributed by atoms with Gasteiger partial charge in [0, 0.05) is 0 Å². The van der Waals surface area contributed by atoms with Crippen LogP contribution in [0.4, 0.5) is 0 Å². The molecular weight excluding hydrogens is 336 g/mol. The van der Waals surface area contributed by atoms with E-state index < -0.39 is 0 Å². The molecule has 0 nitrogen and oxygen atoms in total. The summed E-state index contributed by atoms with van der Waals surface area (Å²) < 4.78 is 0. The van der Waals surface area contributed by atoms with Gasteiger partial charge in [-0.1, -0.05) is 133 Å². The molecule has 0 unspecified atom stereocenters. The monoisotopic (exact) mass is 358 g/mol. The van der Waals surface area contributed by atoms with Crippen LogP contribution in [0.25, 0.3) is 35.4 Å². The Morgan fingerprint density at radius 1 is 0.321 bits per heavy atom. The van der Waals surface area contributed by atoms with E-state index in [1.807, 2.05) is 12.1 Å². The van der Waals surface area contributed by atoms with E-state index in [2.05, 4.69) is 121 Å². The highest BCUT2D eigenvalue weighted by Crippen LogP contribution is 2.21. The van der Waals surface area contributed by atoms with Gasteiger partial charge in [0.15, 0.2) is 0 Å². The van der Waals surface area contributed by atoms with Gasteiger partial charge in [0.25, 0.3) is 0 Å². The second kappa shape index (κ2) is 8.83. The highest BCUT2D eigenvalue weighted by Gasteiger charge is 1.97. The zero-order valence-electron chi connectivity index (χ0n) is 15.7. The van der Waals surface area contributed by atoms with Gasteiger partial charge in [-0.05, 0) is 33.4 Å². The first-order valence-electron chi connectivity index (χ1n) is 9.54. The Balaban J connectivity index is 1.53. The smallest absolute Gasteiger partial charge is 0.0184 e. The van der Waals surface area contributed by atoms with Crippen LogP contribution in [-0.2, 0) is 0 Å². The number of rotatable bonds is 5. The lowest BCUT2D eigenvalue weighted by molar-refractivity contribution is 1.59. The largest absolute Gasteiger partial charge is 0.0622 e. The van der Waals surface area contributed by atoms with Crippen molar-refractivity contribution in [2.24, 2.45) is 0 Å². The molecule has 0 aromatic heterocycles. The summed E-state index contributed by atoms with van der Waals surface area (Å²) in [6.45, 7) is 0. The molecule has 0 atom stereocenters. The number of benzene rings is 4. The molecule has 0 amide bonds. The van der Waals surface area contributed by atoms with Crippen molar-refractivity contribution in [1.82, 2.24) is 0 Å². The molecule has 134 valence electrons. The Morgan fingerprint density at radius 3 is 1.32 bits per heavy atom. The molecular formula is C28H22. The van der Waals surface area contributed by atoms with Crippen molar-refractivity contribution < 1.29 is 0 Å². The SMILES string of the molecule is C(=Cc1ccccc1C=Cc1ccc(-c2ccccc2)cc1)c1ccccc1. The first kappa shape index (κ1) is 17.8. The van der Waals surface area contributed by atoms with Crippen molar-refractivity contribution >= 4 is 24.3 Å². The van der Waals surface area contributed by atoms with Gasteiger partial charge in [-0.15, -0.1) is 0 Å². The molecule has 0 heterocycles. The minimum Gasteiger partial charge on any atom is -0.0622 e. The van der Waals surface area contributed by atoms with Crippen molar-refractivity contribution in [2.45, 2.75) is 0 Å². The average molecular weight is 358 g/mol. The number of hydrogen-bond donors (Lipinski definition) is 0. The second-order valence-electron chi connectivity index (χ2n) is 6.69. The predicted molar refractivity (Wildman–Crippen MR) is 123 cm³/mol. The fourth-order valence-corrected chi connectivity index (χ4v) is 3.17. The van der Waals surface area contributed by atoms with Crippen LogP contribution in [0.3, 0.4) is 0 Å². The quantitative estimate of drug-likeness (QED) is 0.321. The third-order valence-electron chi connectivity index (χ3n) is 4.72. The molecule has 0 heteroatoms.